The Morgan fingerprint density at radius 2 is 2.04 bits per heavy atom. The number of carbonyl (C=O) groups excluding carboxylic acids is 2. The number of fused-ring (bicyclic) bond motifs is 1. The average molecular weight is 375 g/mol. The summed E-state index contributed by atoms with van der Waals surface area (Å²) in [6, 6.07) is 5.41. The summed E-state index contributed by atoms with van der Waals surface area (Å²) in [6.07, 6.45) is 2.02. The van der Waals surface area contributed by atoms with Crippen LogP contribution >= 0.6 is 11.6 Å². The molecular weight excluding hydrogens is 356 g/mol. The van der Waals surface area contributed by atoms with Crippen LogP contribution in [0.4, 0.5) is 5.69 Å². The van der Waals surface area contributed by atoms with Gasteiger partial charge in [0.2, 0.25) is 6.79 Å². The molecule has 0 aliphatic carbocycles. The molecule has 0 spiro atoms. The second-order valence-electron chi connectivity index (χ2n) is 6.19. The number of nitrogens with zero attached hydrogens (tertiary/aromatic N) is 1. The smallest absolute Gasteiger partial charge is 0.261 e. The van der Waals surface area contributed by atoms with Crippen LogP contribution in [-0.2, 0) is 6.42 Å². The second kappa shape index (κ2) is 7.33. The van der Waals surface area contributed by atoms with E-state index in [1.165, 1.54) is 6.20 Å². The zero-order valence-corrected chi connectivity index (χ0v) is 15.5. The van der Waals surface area contributed by atoms with E-state index in [1.54, 1.807) is 6.07 Å². The molecule has 1 aromatic carbocycles. The van der Waals surface area contributed by atoms with Crippen LogP contribution in [0.3, 0.4) is 0 Å². The van der Waals surface area contributed by atoms with Crippen LogP contribution in [0, 0.1) is 5.92 Å². The number of rotatable bonds is 5. The number of anilines is 1. The Kier molecular flexibility index (Phi) is 5.13. The Bertz CT molecular complexity index is 880. The van der Waals surface area contributed by atoms with E-state index in [1.807, 2.05) is 32.9 Å². The minimum absolute atomic E-state index is 0.0225. The monoisotopic (exact) mass is 374 g/mol. The SMILES string of the molecule is CCc1cccc(NC(=O)c2c(Cl)cnc3c2OCO3)c1C(=O)C(C)C. The molecule has 0 saturated heterocycles. The molecule has 3 rings (SSSR count). The van der Waals surface area contributed by atoms with Gasteiger partial charge in [0.05, 0.1) is 16.9 Å². The van der Waals surface area contributed by atoms with Crippen molar-refractivity contribution in [2.24, 2.45) is 5.92 Å². The number of aromatic nitrogens is 1. The Morgan fingerprint density at radius 1 is 1.27 bits per heavy atom. The lowest BCUT2D eigenvalue weighted by Crippen LogP contribution is -2.19. The summed E-state index contributed by atoms with van der Waals surface area (Å²) < 4.78 is 10.5. The maximum absolute atomic E-state index is 12.9. The van der Waals surface area contributed by atoms with Crippen LogP contribution < -0.4 is 14.8 Å². The summed E-state index contributed by atoms with van der Waals surface area (Å²) in [4.78, 5) is 29.5. The molecule has 1 N–H and O–H groups in total. The molecule has 26 heavy (non-hydrogen) atoms. The largest absolute Gasteiger partial charge is 0.451 e. The molecule has 0 fully saturated rings. The molecule has 1 aliphatic heterocycles. The second-order valence-corrected chi connectivity index (χ2v) is 6.60. The first-order valence-electron chi connectivity index (χ1n) is 8.35. The molecule has 1 aromatic heterocycles. The predicted octanol–water partition coefficient (Wildman–Crippen LogP) is 4.12. The summed E-state index contributed by atoms with van der Waals surface area (Å²) in [6.45, 7) is 5.61. The van der Waals surface area contributed by atoms with Gasteiger partial charge in [-0.15, -0.1) is 0 Å². The molecule has 0 unspecified atom stereocenters. The molecule has 7 heteroatoms. The van der Waals surface area contributed by atoms with Crippen molar-refractivity contribution in [1.29, 1.82) is 0 Å². The van der Waals surface area contributed by atoms with Crippen molar-refractivity contribution in [3.63, 3.8) is 0 Å². The first-order valence-corrected chi connectivity index (χ1v) is 8.73. The van der Waals surface area contributed by atoms with Crippen LogP contribution in [0.2, 0.25) is 5.02 Å². The maximum atomic E-state index is 12.9. The number of benzene rings is 1. The molecule has 0 radical (unpaired) electrons. The minimum atomic E-state index is -0.481. The van der Waals surface area contributed by atoms with Gasteiger partial charge in [0.15, 0.2) is 11.5 Å². The lowest BCUT2D eigenvalue weighted by Gasteiger charge is -2.16. The number of hydrogen-bond donors (Lipinski definition) is 1. The molecule has 1 amide bonds. The lowest BCUT2D eigenvalue weighted by atomic mass is 9.93. The molecule has 2 aromatic rings. The van der Waals surface area contributed by atoms with Crippen molar-refractivity contribution < 1.29 is 19.1 Å². The molecule has 6 nitrogen and oxygen atoms in total. The number of nitrogens with one attached hydrogen (secondary N) is 1. The van der Waals surface area contributed by atoms with Crippen molar-refractivity contribution in [3.05, 3.63) is 46.1 Å². The normalized spacial score (nSPS) is 12.3. The molecule has 2 heterocycles. The van der Waals surface area contributed by atoms with E-state index < -0.39 is 5.91 Å². The maximum Gasteiger partial charge on any atom is 0.261 e. The van der Waals surface area contributed by atoms with E-state index in [4.69, 9.17) is 21.1 Å². The van der Waals surface area contributed by atoms with Crippen molar-refractivity contribution in [3.8, 4) is 11.6 Å². The third-order valence-electron chi connectivity index (χ3n) is 4.13. The van der Waals surface area contributed by atoms with Crippen molar-refractivity contribution in [2.75, 3.05) is 12.1 Å². The van der Waals surface area contributed by atoms with Gasteiger partial charge in [-0.3, -0.25) is 9.59 Å². The fourth-order valence-corrected chi connectivity index (χ4v) is 3.03. The number of ether oxygens (including phenoxy) is 2. The highest BCUT2D eigenvalue weighted by atomic mass is 35.5. The minimum Gasteiger partial charge on any atom is -0.451 e. The van der Waals surface area contributed by atoms with Gasteiger partial charge in [0.25, 0.3) is 11.8 Å². The Balaban J connectivity index is 2.02. The Labute approximate surface area is 156 Å². The number of Topliss-reactive ketones (excluding diaryl/α,β-unsaturated/α-hetero) is 1. The van der Waals surface area contributed by atoms with E-state index in [-0.39, 0.29) is 40.7 Å². The van der Waals surface area contributed by atoms with Crippen LogP contribution in [0.25, 0.3) is 0 Å². The predicted molar refractivity (Wildman–Crippen MR) is 98.3 cm³/mol. The summed E-state index contributed by atoms with van der Waals surface area (Å²) in [5.74, 6) is -0.267. The first kappa shape index (κ1) is 18.2. The number of amides is 1. The zero-order chi connectivity index (χ0) is 18.8. The standard InChI is InChI=1S/C19H19ClN2O4/c1-4-11-6-5-7-13(14(11)16(23)10(2)3)22-18(24)15-12(20)8-21-19-17(15)25-9-26-19/h5-8,10H,4,9H2,1-3H3,(H,22,24). The topological polar surface area (TPSA) is 77.5 Å². The summed E-state index contributed by atoms with van der Waals surface area (Å²) >= 11 is 6.15. The van der Waals surface area contributed by atoms with Crippen molar-refractivity contribution in [2.45, 2.75) is 27.2 Å². The van der Waals surface area contributed by atoms with Crippen LogP contribution in [-0.4, -0.2) is 23.5 Å². The van der Waals surface area contributed by atoms with Gasteiger partial charge < -0.3 is 14.8 Å². The average Bonchev–Trinajstić information content (AvgIpc) is 3.08. The van der Waals surface area contributed by atoms with E-state index in [0.29, 0.717) is 17.7 Å². The first-order chi connectivity index (χ1) is 12.4. The highest BCUT2D eigenvalue weighted by molar-refractivity contribution is 6.35. The van der Waals surface area contributed by atoms with Gasteiger partial charge in [-0.25, -0.2) is 4.98 Å². The van der Waals surface area contributed by atoms with E-state index in [0.717, 1.165) is 5.56 Å². The Morgan fingerprint density at radius 3 is 2.73 bits per heavy atom. The van der Waals surface area contributed by atoms with E-state index in [9.17, 15) is 9.59 Å². The van der Waals surface area contributed by atoms with Gasteiger partial charge in [-0.1, -0.05) is 44.5 Å². The van der Waals surface area contributed by atoms with Crippen LogP contribution in [0.1, 0.15) is 47.1 Å². The third-order valence-corrected chi connectivity index (χ3v) is 4.42. The highest BCUT2D eigenvalue weighted by Crippen LogP contribution is 2.38. The summed E-state index contributed by atoms with van der Waals surface area (Å²) in [5.41, 5.74) is 2.00. The van der Waals surface area contributed by atoms with E-state index in [2.05, 4.69) is 10.3 Å². The third kappa shape index (κ3) is 3.24. The number of carbonyl (C=O) groups is 2. The number of ketones is 1. The lowest BCUT2D eigenvalue weighted by molar-refractivity contribution is 0.0939. The van der Waals surface area contributed by atoms with Crippen LogP contribution in [0.15, 0.2) is 24.4 Å². The van der Waals surface area contributed by atoms with Gasteiger partial charge >= 0.3 is 0 Å². The van der Waals surface area contributed by atoms with Crippen molar-refractivity contribution in [1.82, 2.24) is 4.98 Å². The van der Waals surface area contributed by atoms with Crippen molar-refractivity contribution >= 4 is 29.0 Å². The Hall–Kier alpha value is -2.60. The van der Waals surface area contributed by atoms with Gasteiger partial charge in [0, 0.05) is 11.5 Å². The summed E-state index contributed by atoms with van der Waals surface area (Å²) in [5, 5.41) is 2.95. The molecule has 0 saturated carbocycles. The fourth-order valence-electron chi connectivity index (χ4n) is 2.81. The molecule has 136 valence electrons. The molecule has 0 bridgehead atoms. The molecular formula is C19H19ClN2O4. The van der Waals surface area contributed by atoms with E-state index >= 15 is 0 Å². The van der Waals surface area contributed by atoms with Gasteiger partial charge in [0.1, 0.15) is 5.56 Å². The highest BCUT2D eigenvalue weighted by Gasteiger charge is 2.28. The molecule has 0 atom stereocenters. The van der Waals surface area contributed by atoms with Crippen LogP contribution in [0.5, 0.6) is 11.6 Å². The number of aryl methyl sites for hydroxylation is 1. The van der Waals surface area contributed by atoms with Gasteiger partial charge in [-0.2, -0.15) is 0 Å². The number of hydrogen-bond acceptors (Lipinski definition) is 5. The molecule has 1 aliphatic rings. The number of halogens is 1. The van der Waals surface area contributed by atoms with Gasteiger partial charge in [-0.05, 0) is 18.1 Å². The summed E-state index contributed by atoms with van der Waals surface area (Å²) in [7, 11) is 0. The zero-order valence-electron chi connectivity index (χ0n) is 14.8. The number of pyridine rings is 1. The fraction of sp³-hybridized carbons (Fsp3) is 0.316. The quantitative estimate of drug-likeness (QED) is 0.796.